The van der Waals surface area contributed by atoms with Crippen molar-refractivity contribution in [1.82, 2.24) is 108 Å². The highest BCUT2D eigenvalue weighted by molar-refractivity contribution is 9.11. The Morgan fingerprint density at radius 1 is 0.333 bits per heavy atom. The first-order valence-corrected chi connectivity index (χ1v) is 42.3. The largest absolute Gasteiger partial charge is 0.492 e. The molecule has 15 rings (SSSR count). The third-order valence-corrected chi connectivity index (χ3v) is 24.2. The van der Waals surface area contributed by atoms with Crippen LogP contribution in [0.5, 0.6) is 69.5 Å². The van der Waals surface area contributed by atoms with Crippen molar-refractivity contribution in [3.63, 3.8) is 0 Å². The number of anilines is 5. The highest BCUT2D eigenvalue weighted by atomic mass is 79.9. The van der Waals surface area contributed by atoms with Crippen molar-refractivity contribution in [3.05, 3.63) is 146 Å². The molecule has 129 heavy (non-hydrogen) atoms. The molecule has 0 aromatic carbocycles. The van der Waals surface area contributed by atoms with Crippen LogP contribution in [0.15, 0.2) is 62.1 Å². The maximum Gasteiger partial charge on any atom is 0.463 e. The summed E-state index contributed by atoms with van der Waals surface area (Å²) in [6.45, 7) is 5.78. The maximum absolute atomic E-state index is 12.4. The van der Waals surface area contributed by atoms with Gasteiger partial charge in [-0.2, -0.15) is 24.9 Å². The van der Waals surface area contributed by atoms with E-state index in [9.17, 15) is 39.6 Å². The maximum atomic E-state index is 12.4. The predicted molar refractivity (Wildman–Crippen MR) is 485 cm³/mol. The fourth-order valence-corrected chi connectivity index (χ4v) is 16.8. The molecule has 0 aliphatic heterocycles. The Hall–Kier alpha value is -12.6. The minimum Gasteiger partial charge on any atom is -0.492 e. The highest BCUT2D eigenvalue weighted by Crippen LogP contribution is 2.47. The third kappa shape index (κ3) is 19.0. The van der Waals surface area contributed by atoms with E-state index in [-0.39, 0.29) is 165 Å². The second-order valence-electron chi connectivity index (χ2n) is 26.0. The molecule has 0 spiro atoms. The van der Waals surface area contributed by atoms with Crippen LogP contribution in [0.1, 0.15) is 45.2 Å². The van der Waals surface area contributed by atoms with Gasteiger partial charge in [-0.1, -0.05) is 23.2 Å². The minimum absolute atomic E-state index is 0.00270. The van der Waals surface area contributed by atoms with Gasteiger partial charge < -0.3 is 110 Å². The number of aromatic amines is 5. The van der Waals surface area contributed by atoms with Crippen LogP contribution in [-0.2, 0) is 32.7 Å². The molecule has 15 heterocycles. The van der Waals surface area contributed by atoms with Gasteiger partial charge in [-0.3, -0.25) is 38.5 Å². The molecular formula is C70H74Br7Cl2N30O20+3. The van der Waals surface area contributed by atoms with Gasteiger partial charge in [0.05, 0.1) is 124 Å². The first kappa shape index (κ1) is 97.1. The van der Waals surface area contributed by atoms with Crippen molar-refractivity contribution in [1.29, 1.82) is 0 Å². The van der Waals surface area contributed by atoms with E-state index in [2.05, 4.69) is 196 Å². The molecule has 684 valence electrons. The minimum atomic E-state index is -0.504. The van der Waals surface area contributed by atoms with E-state index in [4.69, 9.17) is 109 Å². The lowest BCUT2D eigenvalue weighted by Crippen LogP contribution is -2.40. The second kappa shape index (κ2) is 40.4. The van der Waals surface area contributed by atoms with Gasteiger partial charge in [0.1, 0.15) is 79.7 Å². The average Bonchev–Trinajstić information content (AvgIpc) is 0.930. The van der Waals surface area contributed by atoms with Crippen LogP contribution in [0.4, 0.5) is 29.7 Å². The molecule has 59 heteroatoms. The summed E-state index contributed by atoms with van der Waals surface area (Å²) in [6, 6.07) is 0. The van der Waals surface area contributed by atoms with Gasteiger partial charge in [-0.15, -0.1) is 0 Å². The lowest BCUT2D eigenvalue weighted by atomic mass is 10.0. The second-order valence-corrected chi connectivity index (χ2v) is 32.1. The molecule has 0 aliphatic rings. The number of H-pyrrole nitrogens is 5. The van der Waals surface area contributed by atoms with Gasteiger partial charge in [-0.25, -0.2) is 58.9 Å². The van der Waals surface area contributed by atoms with Gasteiger partial charge in [0.2, 0.25) is 47.4 Å². The first-order valence-electron chi connectivity index (χ1n) is 36.0. The van der Waals surface area contributed by atoms with Crippen molar-refractivity contribution in [2.45, 2.75) is 53.5 Å². The Morgan fingerprint density at radius 2 is 0.612 bits per heavy atom. The number of nitrogens with zero attached hydrogens (tertiary/aromatic N) is 20. The Labute approximate surface area is 791 Å². The van der Waals surface area contributed by atoms with Gasteiger partial charge >= 0.3 is 40.2 Å². The van der Waals surface area contributed by atoms with Gasteiger partial charge in [0.25, 0.3) is 40.3 Å². The van der Waals surface area contributed by atoms with E-state index in [1.54, 1.807) is 6.20 Å². The molecule has 15 aromatic rings. The van der Waals surface area contributed by atoms with E-state index in [1.165, 1.54) is 108 Å². The topological polar surface area (TPSA) is 657 Å². The molecule has 0 radical (unpaired) electrons. The lowest BCUT2D eigenvalue weighted by Gasteiger charge is -2.15. The van der Waals surface area contributed by atoms with E-state index in [0.29, 0.717) is 110 Å². The zero-order valence-electron chi connectivity index (χ0n) is 69.6. The number of ether oxygens (including phenoxy) is 12. The van der Waals surface area contributed by atoms with E-state index < -0.39 is 17.1 Å². The molecule has 18 N–H and O–H groups in total. The number of nitrogens with one attached hydrogen (secondary N) is 5. The van der Waals surface area contributed by atoms with Crippen molar-refractivity contribution >= 4 is 220 Å². The number of hydrogen-bond acceptors (Lipinski definition) is 37. The van der Waals surface area contributed by atoms with Gasteiger partial charge in [0.15, 0.2) is 56.3 Å². The number of fused-ring (bicyclic) bond motifs is 5. The van der Waals surface area contributed by atoms with Crippen LogP contribution < -0.4 is 128 Å². The number of aromatic nitrogens is 25. The zero-order chi connectivity index (χ0) is 94.7. The summed E-state index contributed by atoms with van der Waals surface area (Å²) in [6.07, 6.45) is 1.62. The number of imidazole rings is 5. The van der Waals surface area contributed by atoms with Gasteiger partial charge in [0, 0.05) is 15.9 Å². The molecule has 0 fully saturated rings. The number of pyridine rings is 5. The Bertz CT molecular complexity index is 6840. The quantitative estimate of drug-likeness (QED) is 0.0217. The van der Waals surface area contributed by atoms with Crippen LogP contribution in [0, 0.1) is 20.8 Å². The molecule has 0 atom stereocenters. The summed E-state index contributed by atoms with van der Waals surface area (Å²) in [7, 11) is 17.1. The van der Waals surface area contributed by atoms with E-state index in [1.807, 2.05) is 20.8 Å². The van der Waals surface area contributed by atoms with Crippen molar-refractivity contribution in [2.75, 3.05) is 114 Å². The molecule has 0 unspecified atom stereocenters. The Morgan fingerprint density at radius 3 is 0.946 bits per heavy atom. The number of halogens is 9. The molecule has 50 nitrogen and oxygen atoms in total. The standard InChI is InChI=1S/C14H14Br2N6O5.C14H14Br2N6O4.C14H14BrClN6O5.C14H14BrClN6O4.C14H15BrN6O2/c1-25-8-6(15)5(22(24)12(27-3)9(8)26-2)4-21-11-7(18-14(21)23)10(16)19-13(17)20-11;1-24-8-6(15)5(18-12(26-3)9(8)25-2)4-22-11-7(19-14(22)23)10(16)20-13(17)21-11;1-25-8-6(16)5(22(24)12(27-3)9(8)26-2)4-21-11-7(18-14(21)23)10(15)19-13(17)20-11;1-24-8-6(16)5(18-12(26-3)9(8)25-2)4-22-11-7(19-14(22)23)10(15)20-13(17)21-11;1-6-4-21(23)9(8(3)7(6)2)5-20-12-10(17-14(20)22)11(15)18-13(16)19-12/h4H2,1-3H3,(H3-,17,18,19,20,23,24);4H2,1-3H3,(H,19,23)(H2,17,20,21);4H2,1-3H3,(H3-,17,18,19,20,23,24);4H2,1-3H3,(H,19,23)(H2,17,20,21);4H,5H2,1-3H3,(H3-,16,17,18,19,22,23)/p+3. The summed E-state index contributed by atoms with van der Waals surface area (Å²) in [5, 5.41) is 31.6. The fourth-order valence-electron chi connectivity index (χ4n) is 12.7. The summed E-state index contributed by atoms with van der Waals surface area (Å²) < 4.78 is 75.1. The molecule has 0 bridgehead atoms. The highest BCUT2D eigenvalue weighted by Gasteiger charge is 2.38. The number of nitrogens with two attached hydrogens (primary N) is 5. The van der Waals surface area contributed by atoms with Crippen LogP contribution in [-0.4, -0.2) is 209 Å². The molecular weight excluding hydrogens is 2210 g/mol. The fraction of sp³-hybridized carbons (Fsp3) is 0.286. The monoisotopic (exact) mass is 2280 g/mol. The number of rotatable bonds is 22. The van der Waals surface area contributed by atoms with Gasteiger partial charge in [-0.05, 0) is 138 Å². The van der Waals surface area contributed by atoms with Crippen LogP contribution in [0.3, 0.4) is 0 Å². The summed E-state index contributed by atoms with van der Waals surface area (Å²) >= 11 is 35.8. The number of aryl methyl sites for hydroxylation is 1. The third-order valence-electron chi connectivity index (χ3n) is 18.9. The lowest BCUT2D eigenvalue weighted by molar-refractivity contribution is -0.911. The predicted octanol–water partition coefficient (Wildman–Crippen LogP) is 5.79. The normalized spacial score (nSPS) is 11.0. The summed E-state index contributed by atoms with van der Waals surface area (Å²) in [5.74, 6) is 2.35. The Kier molecular flexibility index (Phi) is 30.4. The van der Waals surface area contributed by atoms with E-state index in [0.717, 1.165) is 26.2 Å². The zero-order valence-corrected chi connectivity index (χ0v) is 82.2. The molecule has 0 saturated heterocycles. The molecule has 0 saturated carbocycles. The van der Waals surface area contributed by atoms with Crippen molar-refractivity contribution in [3.8, 4) is 69.5 Å². The number of methoxy groups -OCH3 is 12. The summed E-state index contributed by atoms with van der Waals surface area (Å²) in [5.41, 5.74) is 34.5. The average molecular weight is 2290 g/mol. The molecule has 0 aliphatic carbocycles. The summed E-state index contributed by atoms with van der Waals surface area (Å²) in [4.78, 5) is 124. The smallest absolute Gasteiger partial charge is 0.463 e. The SMILES string of the molecule is COc1c(Br)c(Cn2c(=O)[nH]c3c(Br)nc(N)nc32)[n+](O)c(OC)c1OC.COc1c(Cl)c(Cn2c(=O)[nH]c3c(Br)nc(N)nc32)[n+](O)c(OC)c1OC.COc1nc(Cn2c(=O)[nH]c3c(Br)nc(N)nc32)c(Br)c(OC)c1OC.COc1nc(Cn2c(=O)[nH]c3c(Br)nc(N)nc32)c(Cl)c(OC)c1OC.Cc1c[n+](O)c(Cn2c(=O)[nH]c3c(Br)nc(N)nc32)c(C)c1C. The molecule has 0 amide bonds. The first-order chi connectivity index (χ1) is 61.3. The van der Waals surface area contributed by atoms with Crippen LogP contribution in [0.2, 0.25) is 10.0 Å². The number of nitrogen functional groups attached to an aromatic ring is 5. The van der Waals surface area contributed by atoms with Crippen molar-refractivity contribution in [2.24, 2.45) is 0 Å². The molecule has 15 aromatic heterocycles. The van der Waals surface area contributed by atoms with Crippen LogP contribution in [0.25, 0.3) is 55.8 Å². The van der Waals surface area contributed by atoms with Crippen molar-refractivity contribution < 1.29 is 86.7 Å². The Balaban J connectivity index is 0.000000156. The van der Waals surface area contributed by atoms with E-state index >= 15 is 0 Å². The number of hydrogen-bond donors (Lipinski definition) is 13. The van der Waals surface area contributed by atoms with Crippen LogP contribution >= 0.6 is 135 Å².